The van der Waals surface area contributed by atoms with E-state index in [1.54, 1.807) is 26.0 Å². The van der Waals surface area contributed by atoms with Gasteiger partial charge in [-0.3, -0.25) is 4.79 Å². The molecule has 9 nitrogen and oxygen atoms in total. The van der Waals surface area contributed by atoms with Gasteiger partial charge in [0.15, 0.2) is 20.4 Å². The summed E-state index contributed by atoms with van der Waals surface area (Å²) in [5.41, 5.74) is 4.99. The zero-order chi connectivity index (χ0) is 40.2. The molecule has 4 aromatic rings. The fourth-order valence-corrected chi connectivity index (χ4v) is 9.11. The molecule has 0 unspecified atom stereocenters. The second-order valence-corrected chi connectivity index (χ2v) is 22.1. The molecule has 0 spiro atoms. The molecule has 56 heavy (non-hydrogen) atoms. The highest BCUT2D eigenvalue weighted by molar-refractivity contribution is 6.74. The number of aliphatic hydroxyl groups is 3. The highest BCUT2D eigenvalue weighted by Crippen LogP contribution is 2.48. The van der Waals surface area contributed by atoms with Gasteiger partial charge in [0.1, 0.15) is 30.2 Å². The minimum atomic E-state index is -2.46. The molecule has 0 saturated carbocycles. The first-order chi connectivity index (χ1) is 26.4. The van der Waals surface area contributed by atoms with Crippen LogP contribution in [-0.4, -0.2) is 66.0 Å². The van der Waals surface area contributed by atoms with E-state index in [1.807, 2.05) is 83.8 Å². The molecule has 3 aliphatic rings. The Balaban J connectivity index is 1.14. The van der Waals surface area contributed by atoms with E-state index in [4.69, 9.17) is 18.6 Å². The number of nitrogens with zero attached hydrogens (tertiary/aromatic N) is 1. The van der Waals surface area contributed by atoms with Crippen molar-refractivity contribution in [2.45, 2.75) is 120 Å². The van der Waals surface area contributed by atoms with Crippen molar-refractivity contribution in [2.24, 2.45) is 5.92 Å². The molecule has 0 aliphatic carbocycles. The molecule has 0 bridgehead atoms. The number of benzene rings is 4. The van der Waals surface area contributed by atoms with Crippen LogP contribution in [0, 0.1) is 11.7 Å². The van der Waals surface area contributed by atoms with E-state index in [-0.39, 0.29) is 28.7 Å². The van der Waals surface area contributed by atoms with Gasteiger partial charge in [0.2, 0.25) is 5.91 Å². The van der Waals surface area contributed by atoms with Crippen molar-refractivity contribution in [3.8, 4) is 11.1 Å². The molecule has 3 aliphatic heterocycles. The van der Waals surface area contributed by atoms with Crippen LogP contribution in [0.5, 0.6) is 0 Å². The molecule has 0 radical (unpaired) electrons. The third kappa shape index (κ3) is 8.01. The van der Waals surface area contributed by atoms with Crippen molar-refractivity contribution >= 4 is 19.9 Å². The summed E-state index contributed by atoms with van der Waals surface area (Å²) >= 11 is 0. The fraction of sp³-hybridized carbons (Fsp3) is 0.444. The molecule has 3 heterocycles. The van der Waals surface area contributed by atoms with Crippen molar-refractivity contribution in [1.82, 2.24) is 0 Å². The lowest BCUT2D eigenvalue weighted by Crippen LogP contribution is -2.55. The van der Waals surface area contributed by atoms with Gasteiger partial charge >= 0.3 is 0 Å². The SMILES string of the molecule is CC1(C)O[C@H]2O[C@H]([C@H](O)[C@@H](O[Si](C)(C)C(C)(C)C)c3cccc(-c4ccc([C@@H]5[C@@H](CC[C@H](O)c6ccc(F)cc6)C(=O)N5c5ccccc5)cc4)c3)[C@H](O)[C@H]2O1. The third-order valence-corrected chi connectivity index (χ3v) is 16.4. The van der Waals surface area contributed by atoms with Gasteiger partial charge in [0.25, 0.3) is 0 Å². The van der Waals surface area contributed by atoms with Gasteiger partial charge in [-0.15, -0.1) is 0 Å². The van der Waals surface area contributed by atoms with E-state index in [0.29, 0.717) is 18.4 Å². The van der Waals surface area contributed by atoms with Gasteiger partial charge in [0, 0.05) is 5.69 Å². The fourth-order valence-electron chi connectivity index (χ4n) is 7.84. The molecular formula is C45H54FNO8Si. The summed E-state index contributed by atoms with van der Waals surface area (Å²) in [6, 6.07) is 31.2. The Hall–Kier alpha value is -3.78. The Kier molecular flexibility index (Phi) is 11.2. The molecule has 1 amide bonds. The first kappa shape index (κ1) is 40.4. The van der Waals surface area contributed by atoms with Crippen LogP contribution in [0.2, 0.25) is 18.1 Å². The van der Waals surface area contributed by atoms with E-state index < -0.39 is 57.0 Å². The van der Waals surface area contributed by atoms with Crippen molar-refractivity contribution in [2.75, 3.05) is 4.90 Å². The smallest absolute Gasteiger partial charge is 0.233 e. The van der Waals surface area contributed by atoms with Crippen LogP contribution in [0.4, 0.5) is 10.1 Å². The Morgan fingerprint density at radius 3 is 2.20 bits per heavy atom. The van der Waals surface area contributed by atoms with Gasteiger partial charge in [0.05, 0.1) is 24.2 Å². The molecular weight excluding hydrogens is 730 g/mol. The monoisotopic (exact) mass is 783 g/mol. The number of halogens is 1. The summed E-state index contributed by atoms with van der Waals surface area (Å²) in [6.07, 6.45) is -5.69. The number of anilines is 1. The molecule has 3 saturated heterocycles. The predicted molar refractivity (Wildman–Crippen MR) is 214 cm³/mol. The topological polar surface area (TPSA) is 118 Å². The summed E-state index contributed by atoms with van der Waals surface area (Å²) in [5.74, 6) is -1.62. The number of ether oxygens (including phenoxy) is 3. The van der Waals surface area contributed by atoms with E-state index in [1.165, 1.54) is 12.1 Å². The largest absolute Gasteiger partial charge is 0.407 e. The summed E-state index contributed by atoms with van der Waals surface area (Å²) in [6.45, 7) is 14.2. The van der Waals surface area contributed by atoms with Crippen LogP contribution in [0.1, 0.15) is 82.4 Å². The van der Waals surface area contributed by atoms with Gasteiger partial charge in [-0.05, 0) is 103 Å². The molecule has 3 fully saturated rings. The maximum absolute atomic E-state index is 13.7. The highest BCUT2D eigenvalue weighted by atomic mass is 28.4. The van der Waals surface area contributed by atoms with Crippen molar-refractivity contribution < 1.29 is 43.1 Å². The van der Waals surface area contributed by atoms with Crippen molar-refractivity contribution in [3.63, 3.8) is 0 Å². The number of fused-ring (bicyclic) bond motifs is 1. The van der Waals surface area contributed by atoms with E-state index in [0.717, 1.165) is 27.9 Å². The highest BCUT2D eigenvalue weighted by Gasteiger charge is 2.57. The van der Waals surface area contributed by atoms with Crippen LogP contribution >= 0.6 is 0 Å². The van der Waals surface area contributed by atoms with Crippen LogP contribution in [0.25, 0.3) is 11.1 Å². The first-order valence-electron chi connectivity index (χ1n) is 19.5. The molecule has 11 heteroatoms. The first-order valence-corrected chi connectivity index (χ1v) is 22.4. The number of aliphatic hydroxyl groups excluding tert-OH is 3. The Morgan fingerprint density at radius 2 is 1.55 bits per heavy atom. The Labute approximate surface area is 330 Å². The van der Waals surface area contributed by atoms with Gasteiger partial charge in [-0.25, -0.2) is 4.39 Å². The number of β-lactam (4-membered cyclic amide) rings is 1. The summed E-state index contributed by atoms with van der Waals surface area (Å²) in [4.78, 5) is 15.5. The van der Waals surface area contributed by atoms with E-state index in [2.05, 4.69) is 33.9 Å². The second-order valence-electron chi connectivity index (χ2n) is 17.3. The standard InChI is InChI=1S/C45H54FNO8Si/c1-44(2,3)56(6,7)55-39(37(49)40-38(50)41-43(52-40)54-45(4,5)53-41)31-13-11-12-30(26-31)27-16-18-29(19-17-27)36-34(42(51)47(36)33-14-9-8-10-15-33)24-25-35(48)28-20-22-32(46)23-21-28/h8-23,26,34-41,43,48-50H,24-25H2,1-7H3/t34-,35+,36-,37-,38+,39+,40-,41-,43-/m1/s1. The summed E-state index contributed by atoms with van der Waals surface area (Å²) in [5, 5.41) is 34.0. The number of para-hydroxylation sites is 1. The van der Waals surface area contributed by atoms with E-state index in [9.17, 15) is 24.5 Å². The number of hydrogen-bond acceptors (Lipinski definition) is 8. The minimum Gasteiger partial charge on any atom is -0.407 e. The number of carbonyl (C=O) groups is 1. The molecule has 298 valence electrons. The number of hydrogen-bond donors (Lipinski definition) is 3. The zero-order valence-electron chi connectivity index (χ0n) is 33.1. The zero-order valence-corrected chi connectivity index (χ0v) is 34.1. The maximum Gasteiger partial charge on any atom is 0.233 e. The Bertz CT molecular complexity index is 1990. The average Bonchev–Trinajstić information content (AvgIpc) is 3.63. The lowest BCUT2D eigenvalue weighted by Gasteiger charge is -2.48. The minimum absolute atomic E-state index is 0.00237. The average molecular weight is 784 g/mol. The van der Waals surface area contributed by atoms with Crippen LogP contribution in [0.3, 0.4) is 0 Å². The van der Waals surface area contributed by atoms with Crippen LogP contribution in [0.15, 0.2) is 103 Å². The normalized spacial score (nSPS) is 26.4. The van der Waals surface area contributed by atoms with Gasteiger partial charge < -0.3 is 38.9 Å². The number of rotatable bonds is 12. The lowest BCUT2D eigenvalue weighted by molar-refractivity contribution is -0.231. The molecule has 0 aromatic heterocycles. The van der Waals surface area contributed by atoms with Gasteiger partial charge in [-0.2, -0.15) is 0 Å². The molecule has 3 N–H and O–H groups in total. The maximum atomic E-state index is 13.7. The summed E-state index contributed by atoms with van der Waals surface area (Å²) in [7, 11) is -2.46. The predicted octanol–water partition coefficient (Wildman–Crippen LogP) is 8.37. The lowest BCUT2D eigenvalue weighted by atomic mass is 9.78. The van der Waals surface area contributed by atoms with Crippen molar-refractivity contribution in [3.05, 3.63) is 126 Å². The molecule has 9 atom stereocenters. The molecule has 7 rings (SSSR count). The Morgan fingerprint density at radius 1 is 0.875 bits per heavy atom. The van der Waals surface area contributed by atoms with Crippen LogP contribution in [-0.2, 0) is 23.4 Å². The number of amides is 1. The van der Waals surface area contributed by atoms with Crippen LogP contribution < -0.4 is 4.90 Å². The second kappa shape index (κ2) is 15.5. The quantitative estimate of drug-likeness (QED) is 0.0970. The number of carbonyl (C=O) groups excluding carboxylic acids is 1. The molecule has 4 aromatic carbocycles. The van der Waals surface area contributed by atoms with Crippen molar-refractivity contribution in [1.29, 1.82) is 0 Å². The van der Waals surface area contributed by atoms with Gasteiger partial charge in [-0.1, -0.05) is 93.6 Å². The third-order valence-electron chi connectivity index (χ3n) is 12.0. The van der Waals surface area contributed by atoms with E-state index >= 15 is 0 Å². The summed E-state index contributed by atoms with van der Waals surface area (Å²) < 4.78 is 38.4.